The number of hydrogen-bond donors (Lipinski definition) is 0. The molecule has 0 nitrogen and oxygen atoms in total. The second-order valence-corrected chi connectivity index (χ2v) is 4.44. The Kier molecular flexibility index (Phi) is 2.28. The molecule has 0 aliphatic heterocycles. The Morgan fingerprint density at radius 3 is 1.94 bits per heavy atom. The van der Waals surface area contributed by atoms with Crippen molar-refractivity contribution < 1.29 is 0 Å². The molecule has 16 heavy (non-hydrogen) atoms. The SMILES string of the molecule is Cc1ccc([C@@H]2[C][C@H]2c2ccccc2)cc1. The highest BCUT2D eigenvalue weighted by Crippen LogP contribution is 2.53. The summed E-state index contributed by atoms with van der Waals surface area (Å²) in [5.74, 6) is 1.01. The summed E-state index contributed by atoms with van der Waals surface area (Å²) >= 11 is 0. The molecule has 0 saturated heterocycles. The van der Waals surface area contributed by atoms with Crippen molar-refractivity contribution in [2.24, 2.45) is 0 Å². The van der Waals surface area contributed by atoms with E-state index in [1.807, 2.05) is 0 Å². The largest absolute Gasteiger partial charge is 0.0622 e. The smallest absolute Gasteiger partial charge is 0.000126 e. The van der Waals surface area contributed by atoms with E-state index in [0.717, 1.165) is 0 Å². The molecule has 0 unspecified atom stereocenters. The minimum Gasteiger partial charge on any atom is -0.0622 e. The molecular formula is C16H14. The van der Waals surface area contributed by atoms with Gasteiger partial charge in [-0.15, -0.1) is 0 Å². The van der Waals surface area contributed by atoms with Crippen molar-refractivity contribution in [2.75, 3.05) is 0 Å². The van der Waals surface area contributed by atoms with Crippen LogP contribution in [0, 0.1) is 13.3 Å². The lowest BCUT2D eigenvalue weighted by Crippen LogP contribution is -1.84. The predicted molar refractivity (Wildman–Crippen MR) is 66.3 cm³/mol. The lowest BCUT2D eigenvalue weighted by atomic mass is 10.0. The third kappa shape index (κ3) is 1.76. The third-order valence-electron chi connectivity index (χ3n) is 3.18. The number of benzene rings is 2. The summed E-state index contributed by atoms with van der Waals surface area (Å²) in [6.07, 6.45) is 3.52. The molecule has 1 fully saturated rings. The van der Waals surface area contributed by atoms with Crippen LogP contribution in [0.1, 0.15) is 28.5 Å². The summed E-state index contributed by atoms with van der Waals surface area (Å²) in [6, 6.07) is 19.4. The van der Waals surface area contributed by atoms with Crippen molar-refractivity contribution in [3.63, 3.8) is 0 Å². The monoisotopic (exact) mass is 206 g/mol. The van der Waals surface area contributed by atoms with Crippen LogP contribution in [0.15, 0.2) is 54.6 Å². The van der Waals surface area contributed by atoms with E-state index in [1.54, 1.807) is 0 Å². The molecule has 0 N–H and O–H groups in total. The van der Waals surface area contributed by atoms with Gasteiger partial charge in [0, 0.05) is 6.42 Å². The molecule has 2 aromatic rings. The van der Waals surface area contributed by atoms with Gasteiger partial charge in [-0.3, -0.25) is 0 Å². The van der Waals surface area contributed by atoms with E-state index in [-0.39, 0.29) is 0 Å². The summed E-state index contributed by atoms with van der Waals surface area (Å²) in [7, 11) is 0. The first kappa shape index (κ1) is 9.65. The molecule has 1 aliphatic carbocycles. The van der Waals surface area contributed by atoms with Gasteiger partial charge in [-0.25, -0.2) is 0 Å². The van der Waals surface area contributed by atoms with Crippen molar-refractivity contribution in [1.82, 2.24) is 0 Å². The molecule has 1 aliphatic rings. The van der Waals surface area contributed by atoms with Crippen molar-refractivity contribution >= 4 is 0 Å². The zero-order chi connectivity index (χ0) is 11.0. The van der Waals surface area contributed by atoms with E-state index < -0.39 is 0 Å². The fourth-order valence-corrected chi connectivity index (χ4v) is 2.15. The van der Waals surface area contributed by atoms with Crippen molar-refractivity contribution in [3.05, 3.63) is 77.7 Å². The zero-order valence-electron chi connectivity index (χ0n) is 9.35. The maximum absolute atomic E-state index is 3.52. The van der Waals surface area contributed by atoms with Crippen LogP contribution in [-0.2, 0) is 0 Å². The number of rotatable bonds is 2. The first-order valence-electron chi connectivity index (χ1n) is 5.72. The Morgan fingerprint density at radius 2 is 1.31 bits per heavy atom. The van der Waals surface area contributed by atoms with Crippen LogP contribution in [0.2, 0.25) is 0 Å². The van der Waals surface area contributed by atoms with E-state index in [0.29, 0.717) is 11.8 Å². The molecule has 0 aromatic heterocycles. The van der Waals surface area contributed by atoms with Gasteiger partial charge >= 0.3 is 0 Å². The standard InChI is InChI=1S/C16H14/c1-12-7-9-14(10-8-12)16-11-15(16)13-5-3-2-4-6-13/h2-10,15-16H,1H3/t15-,16-/m0/s1. The molecule has 2 atom stereocenters. The summed E-state index contributed by atoms with van der Waals surface area (Å²) in [4.78, 5) is 0. The van der Waals surface area contributed by atoms with E-state index in [2.05, 4.69) is 67.9 Å². The quantitative estimate of drug-likeness (QED) is 0.697. The van der Waals surface area contributed by atoms with Crippen LogP contribution < -0.4 is 0 Å². The highest BCUT2D eigenvalue weighted by atomic mass is 14.4. The Morgan fingerprint density at radius 1 is 0.750 bits per heavy atom. The van der Waals surface area contributed by atoms with Crippen LogP contribution in [-0.4, -0.2) is 0 Å². The van der Waals surface area contributed by atoms with Crippen molar-refractivity contribution in [3.8, 4) is 0 Å². The van der Waals surface area contributed by atoms with Gasteiger partial charge in [-0.1, -0.05) is 60.2 Å². The average Bonchev–Trinajstić information content (AvgIpc) is 3.11. The average molecular weight is 206 g/mol. The lowest BCUT2D eigenvalue weighted by Gasteiger charge is -2.01. The van der Waals surface area contributed by atoms with Crippen LogP contribution in [0.4, 0.5) is 0 Å². The van der Waals surface area contributed by atoms with Gasteiger partial charge in [0.2, 0.25) is 0 Å². The second kappa shape index (κ2) is 3.79. The van der Waals surface area contributed by atoms with Gasteiger partial charge in [0.1, 0.15) is 0 Å². The Balaban J connectivity index is 1.79. The molecule has 2 aromatic carbocycles. The van der Waals surface area contributed by atoms with Crippen LogP contribution >= 0.6 is 0 Å². The molecule has 3 rings (SSSR count). The van der Waals surface area contributed by atoms with Gasteiger partial charge in [-0.2, -0.15) is 0 Å². The minimum atomic E-state index is 0.503. The van der Waals surface area contributed by atoms with Crippen LogP contribution in [0.5, 0.6) is 0 Å². The Hall–Kier alpha value is -1.56. The molecule has 0 bridgehead atoms. The van der Waals surface area contributed by atoms with Gasteiger partial charge in [0.05, 0.1) is 0 Å². The first-order valence-corrected chi connectivity index (χ1v) is 5.72. The zero-order valence-corrected chi connectivity index (χ0v) is 9.35. The molecular weight excluding hydrogens is 192 g/mol. The van der Waals surface area contributed by atoms with Crippen LogP contribution in [0.25, 0.3) is 0 Å². The van der Waals surface area contributed by atoms with E-state index in [1.165, 1.54) is 16.7 Å². The summed E-state index contributed by atoms with van der Waals surface area (Å²) in [5, 5.41) is 0. The number of hydrogen-bond acceptors (Lipinski definition) is 0. The molecule has 1 saturated carbocycles. The van der Waals surface area contributed by atoms with Crippen molar-refractivity contribution in [1.29, 1.82) is 0 Å². The summed E-state index contributed by atoms with van der Waals surface area (Å²) < 4.78 is 0. The summed E-state index contributed by atoms with van der Waals surface area (Å²) in [5.41, 5.74) is 4.09. The van der Waals surface area contributed by atoms with E-state index >= 15 is 0 Å². The maximum Gasteiger partial charge on any atom is 0.000126 e. The third-order valence-corrected chi connectivity index (χ3v) is 3.18. The maximum atomic E-state index is 3.52. The fourth-order valence-electron chi connectivity index (χ4n) is 2.15. The number of aryl methyl sites for hydroxylation is 1. The van der Waals surface area contributed by atoms with Gasteiger partial charge in [0.25, 0.3) is 0 Å². The highest BCUT2D eigenvalue weighted by Gasteiger charge is 2.40. The van der Waals surface area contributed by atoms with Crippen molar-refractivity contribution in [2.45, 2.75) is 18.8 Å². The predicted octanol–water partition coefficient (Wildman–Crippen LogP) is 3.96. The molecule has 0 heterocycles. The molecule has 78 valence electrons. The fraction of sp³-hybridized carbons (Fsp3) is 0.188. The first-order chi connectivity index (χ1) is 7.84. The van der Waals surface area contributed by atoms with Gasteiger partial charge in [0.15, 0.2) is 0 Å². The Bertz CT molecular complexity index is 467. The highest BCUT2D eigenvalue weighted by molar-refractivity contribution is 5.44. The molecule has 0 heteroatoms. The topological polar surface area (TPSA) is 0 Å². The summed E-state index contributed by atoms with van der Waals surface area (Å²) in [6.45, 7) is 2.12. The molecule has 0 spiro atoms. The normalized spacial score (nSPS) is 23.1. The van der Waals surface area contributed by atoms with Crippen LogP contribution in [0.3, 0.4) is 0 Å². The molecule has 2 radical (unpaired) electrons. The van der Waals surface area contributed by atoms with Gasteiger partial charge in [-0.05, 0) is 29.9 Å². The lowest BCUT2D eigenvalue weighted by molar-refractivity contribution is 1.02. The van der Waals surface area contributed by atoms with E-state index in [9.17, 15) is 0 Å². The minimum absolute atomic E-state index is 0.503. The second-order valence-electron chi connectivity index (χ2n) is 4.44. The molecule has 0 amide bonds. The van der Waals surface area contributed by atoms with E-state index in [4.69, 9.17) is 0 Å². The van der Waals surface area contributed by atoms with Gasteiger partial charge < -0.3 is 0 Å². The Labute approximate surface area is 96.9 Å².